The summed E-state index contributed by atoms with van der Waals surface area (Å²) in [6.45, 7) is 2.08. The number of aryl methyl sites for hydroxylation is 2. The number of aromatic nitrogens is 2. The molecule has 0 saturated heterocycles. The molecule has 0 unspecified atom stereocenters. The van der Waals surface area contributed by atoms with Gasteiger partial charge in [0, 0.05) is 13.1 Å². The van der Waals surface area contributed by atoms with Gasteiger partial charge in [0.05, 0.1) is 4.88 Å². The summed E-state index contributed by atoms with van der Waals surface area (Å²) >= 11 is 1.69. The Balaban J connectivity index is 2.53. The summed E-state index contributed by atoms with van der Waals surface area (Å²) in [5.74, 6) is 0.697. The Bertz CT molecular complexity index is 408. The Morgan fingerprint density at radius 3 is 2.77 bits per heavy atom. The number of hydrogen-bond donors (Lipinski definition) is 1. The number of hydrogen-bond acceptors (Lipinski definition) is 3. The highest BCUT2D eigenvalue weighted by atomic mass is 32.1. The van der Waals surface area contributed by atoms with Gasteiger partial charge < -0.3 is 5.73 Å². The van der Waals surface area contributed by atoms with Crippen LogP contribution in [0.3, 0.4) is 0 Å². The topological polar surface area (TPSA) is 43.8 Å². The molecule has 0 aliphatic rings. The van der Waals surface area contributed by atoms with Gasteiger partial charge in [-0.05, 0) is 23.9 Å². The molecule has 2 N–H and O–H groups in total. The van der Waals surface area contributed by atoms with Crippen LogP contribution in [0.1, 0.15) is 5.56 Å². The predicted octanol–water partition coefficient (Wildman–Crippen LogP) is 2.04. The molecule has 68 valence electrons. The fraction of sp³-hybridized carbons (Fsp3) is 0.222. The maximum atomic E-state index is 5.70. The number of nitrogen functional groups attached to an aromatic ring is 1. The molecule has 0 atom stereocenters. The van der Waals surface area contributed by atoms with Crippen molar-refractivity contribution in [3.05, 3.63) is 23.1 Å². The van der Waals surface area contributed by atoms with Gasteiger partial charge in [0.2, 0.25) is 0 Å². The van der Waals surface area contributed by atoms with Crippen molar-refractivity contribution >= 4 is 17.2 Å². The molecule has 0 saturated carbocycles. The van der Waals surface area contributed by atoms with E-state index in [-0.39, 0.29) is 0 Å². The lowest BCUT2D eigenvalue weighted by Gasteiger charge is -1.92. The average Bonchev–Trinajstić information content (AvgIpc) is 2.60. The number of nitrogens with zero attached hydrogens (tertiary/aromatic N) is 2. The van der Waals surface area contributed by atoms with E-state index in [1.54, 1.807) is 16.0 Å². The molecule has 0 amide bonds. The Labute approximate surface area is 80.8 Å². The van der Waals surface area contributed by atoms with E-state index in [0.29, 0.717) is 5.82 Å². The van der Waals surface area contributed by atoms with E-state index in [1.807, 2.05) is 13.1 Å². The van der Waals surface area contributed by atoms with Crippen LogP contribution >= 0.6 is 11.3 Å². The third-order valence-corrected chi connectivity index (χ3v) is 3.05. The summed E-state index contributed by atoms with van der Waals surface area (Å²) in [4.78, 5) is 1.20. The monoisotopic (exact) mass is 193 g/mol. The van der Waals surface area contributed by atoms with Gasteiger partial charge in [0.25, 0.3) is 0 Å². The molecule has 0 aromatic carbocycles. The Morgan fingerprint density at radius 1 is 1.54 bits per heavy atom. The zero-order valence-corrected chi connectivity index (χ0v) is 8.43. The van der Waals surface area contributed by atoms with Crippen molar-refractivity contribution in [1.29, 1.82) is 0 Å². The minimum absolute atomic E-state index is 0.697. The zero-order valence-electron chi connectivity index (χ0n) is 7.61. The molecule has 2 aromatic heterocycles. The molecule has 3 nitrogen and oxygen atoms in total. The zero-order chi connectivity index (χ0) is 9.42. The molecule has 0 bridgehead atoms. The molecule has 2 heterocycles. The molecule has 0 fully saturated rings. The van der Waals surface area contributed by atoms with Gasteiger partial charge in [-0.3, -0.25) is 4.68 Å². The smallest absolute Gasteiger partial charge is 0.121 e. The molecule has 0 radical (unpaired) electrons. The molecular weight excluding hydrogens is 182 g/mol. The second-order valence-electron chi connectivity index (χ2n) is 3.01. The van der Waals surface area contributed by atoms with Crippen molar-refractivity contribution in [3.63, 3.8) is 0 Å². The van der Waals surface area contributed by atoms with Gasteiger partial charge in [0.15, 0.2) is 0 Å². The predicted molar refractivity (Wildman–Crippen MR) is 55.7 cm³/mol. The van der Waals surface area contributed by atoms with Gasteiger partial charge in [0.1, 0.15) is 11.5 Å². The fourth-order valence-corrected chi connectivity index (χ4v) is 2.11. The van der Waals surface area contributed by atoms with Crippen LogP contribution in [0.25, 0.3) is 10.6 Å². The summed E-state index contributed by atoms with van der Waals surface area (Å²) in [6, 6.07) is 3.99. The summed E-state index contributed by atoms with van der Waals surface area (Å²) in [6.07, 6.45) is 0. The highest BCUT2D eigenvalue weighted by Gasteiger charge is 2.07. The molecule has 0 aliphatic carbocycles. The Kier molecular flexibility index (Phi) is 1.84. The lowest BCUT2D eigenvalue weighted by atomic mass is 10.2. The van der Waals surface area contributed by atoms with E-state index < -0.39 is 0 Å². The molecular formula is C9H11N3S. The number of rotatable bonds is 1. The maximum Gasteiger partial charge on any atom is 0.121 e. The van der Waals surface area contributed by atoms with E-state index in [9.17, 15) is 0 Å². The van der Waals surface area contributed by atoms with Gasteiger partial charge in [-0.1, -0.05) is 0 Å². The summed E-state index contributed by atoms with van der Waals surface area (Å²) < 4.78 is 1.69. The third-order valence-electron chi connectivity index (χ3n) is 2.01. The number of nitrogens with two attached hydrogens (primary N) is 1. The fourth-order valence-electron chi connectivity index (χ4n) is 1.23. The first-order valence-corrected chi connectivity index (χ1v) is 4.90. The van der Waals surface area contributed by atoms with Crippen molar-refractivity contribution in [1.82, 2.24) is 9.78 Å². The Hall–Kier alpha value is -1.29. The standard InChI is InChI=1S/C9H11N3S/c1-6-3-4-13-9(6)7-5-8(10)12(2)11-7/h3-5H,10H2,1-2H3. The van der Waals surface area contributed by atoms with E-state index >= 15 is 0 Å². The van der Waals surface area contributed by atoms with Crippen molar-refractivity contribution in [2.45, 2.75) is 6.92 Å². The molecule has 2 rings (SSSR count). The third kappa shape index (κ3) is 1.33. The van der Waals surface area contributed by atoms with Crippen LogP contribution in [0.2, 0.25) is 0 Å². The first-order chi connectivity index (χ1) is 6.18. The van der Waals surface area contributed by atoms with Crippen molar-refractivity contribution < 1.29 is 0 Å². The lowest BCUT2D eigenvalue weighted by molar-refractivity contribution is 0.782. The molecule has 2 aromatic rings. The second kappa shape index (κ2) is 2.88. The molecule has 0 spiro atoms. The summed E-state index contributed by atoms with van der Waals surface area (Å²) in [5.41, 5.74) is 7.92. The first-order valence-electron chi connectivity index (χ1n) is 4.02. The van der Waals surface area contributed by atoms with Crippen molar-refractivity contribution in [3.8, 4) is 10.6 Å². The highest BCUT2D eigenvalue weighted by Crippen LogP contribution is 2.28. The van der Waals surface area contributed by atoms with Gasteiger partial charge in [-0.2, -0.15) is 5.10 Å². The van der Waals surface area contributed by atoms with Crippen LogP contribution in [0.5, 0.6) is 0 Å². The molecule has 13 heavy (non-hydrogen) atoms. The van der Waals surface area contributed by atoms with E-state index in [1.165, 1.54) is 10.4 Å². The number of thiophene rings is 1. The minimum atomic E-state index is 0.697. The van der Waals surface area contributed by atoms with Crippen LogP contribution in [-0.2, 0) is 7.05 Å². The van der Waals surface area contributed by atoms with E-state index in [0.717, 1.165) is 5.69 Å². The SMILES string of the molecule is Cc1ccsc1-c1cc(N)n(C)n1. The van der Waals surface area contributed by atoms with E-state index in [4.69, 9.17) is 5.73 Å². The van der Waals surface area contributed by atoms with Crippen LogP contribution in [0.15, 0.2) is 17.5 Å². The van der Waals surface area contributed by atoms with Crippen molar-refractivity contribution in [2.24, 2.45) is 7.05 Å². The highest BCUT2D eigenvalue weighted by molar-refractivity contribution is 7.13. The first kappa shape index (κ1) is 8.31. The molecule has 0 aliphatic heterocycles. The average molecular weight is 193 g/mol. The summed E-state index contributed by atoms with van der Waals surface area (Å²) in [7, 11) is 1.85. The largest absolute Gasteiger partial charge is 0.384 e. The van der Waals surface area contributed by atoms with Crippen LogP contribution < -0.4 is 5.73 Å². The van der Waals surface area contributed by atoms with Crippen molar-refractivity contribution in [2.75, 3.05) is 5.73 Å². The van der Waals surface area contributed by atoms with E-state index in [2.05, 4.69) is 23.5 Å². The van der Waals surface area contributed by atoms with Crippen LogP contribution in [-0.4, -0.2) is 9.78 Å². The number of anilines is 1. The van der Waals surface area contributed by atoms with Crippen LogP contribution in [0, 0.1) is 6.92 Å². The second-order valence-corrected chi connectivity index (χ2v) is 3.93. The Morgan fingerprint density at radius 2 is 2.31 bits per heavy atom. The molecule has 4 heteroatoms. The minimum Gasteiger partial charge on any atom is -0.384 e. The van der Waals surface area contributed by atoms with Gasteiger partial charge >= 0.3 is 0 Å². The maximum absolute atomic E-state index is 5.70. The van der Waals surface area contributed by atoms with Crippen LogP contribution in [0.4, 0.5) is 5.82 Å². The quantitative estimate of drug-likeness (QED) is 0.753. The normalized spacial score (nSPS) is 10.6. The van der Waals surface area contributed by atoms with Gasteiger partial charge in [-0.25, -0.2) is 0 Å². The lowest BCUT2D eigenvalue weighted by Crippen LogP contribution is -1.96. The van der Waals surface area contributed by atoms with Gasteiger partial charge in [-0.15, -0.1) is 11.3 Å². The summed E-state index contributed by atoms with van der Waals surface area (Å²) in [5, 5.41) is 6.38.